The molecular weight excluding hydrogens is 1490 g/mol. The lowest BCUT2D eigenvalue weighted by atomic mass is 9.84. The third kappa shape index (κ3) is 21.1. The van der Waals surface area contributed by atoms with Gasteiger partial charge in [-0.05, 0) is 163 Å². The van der Waals surface area contributed by atoms with Gasteiger partial charge in [0.05, 0.1) is 114 Å². The Morgan fingerprint density at radius 3 is 1.05 bits per heavy atom. The van der Waals surface area contributed by atoms with Crippen molar-refractivity contribution in [2.75, 3.05) is 26.4 Å². The van der Waals surface area contributed by atoms with E-state index in [0.29, 0.717) is 22.4 Å². The highest BCUT2D eigenvalue weighted by Crippen LogP contribution is 2.50. The van der Waals surface area contributed by atoms with Gasteiger partial charge in [0.1, 0.15) is 0 Å². The number of carbonyl (C=O) groups excluding carboxylic acids is 8. The molecule has 7 aromatic rings. The molecule has 28 heteroatoms. The van der Waals surface area contributed by atoms with Gasteiger partial charge < -0.3 is 71.9 Å². The van der Waals surface area contributed by atoms with Crippen molar-refractivity contribution >= 4 is 117 Å². The molecule has 3 aromatic heterocycles. The number of rotatable bonds is 40. The summed E-state index contributed by atoms with van der Waals surface area (Å²) < 4.78 is 22.7. The van der Waals surface area contributed by atoms with Gasteiger partial charge in [0.2, 0.25) is 0 Å². The molecule has 0 radical (unpaired) electrons. The number of hydrogen-bond acceptors (Lipinski definition) is 22. The molecule has 116 heavy (non-hydrogen) atoms. The highest BCUT2D eigenvalue weighted by Gasteiger charge is 2.37. The number of ketones is 4. The molecule has 8 atom stereocenters. The number of carboxylic acid groups (broad SMARTS) is 4. The molecule has 4 unspecified atom stereocenters. The van der Waals surface area contributed by atoms with Crippen molar-refractivity contribution in [1.29, 1.82) is 0 Å². The van der Waals surface area contributed by atoms with Crippen LogP contribution in [0.2, 0.25) is 0 Å². The van der Waals surface area contributed by atoms with E-state index in [1.54, 1.807) is 95.6 Å². The van der Waals surface area contributed by atoms with Crippen LogP contribution in [0.1, 0.15) is 143 Å². The minimum Gasteiger partial charge on any atom is -0.481 e. The first-order valence-electron chi connectivity index (χ1n) is 37.1. The number of carboxylic acids is 4. The van der Waals surface area contributed by atoms with Crippen molar-refractivity contribution in [3.05, 3.63) is 221 Å². The number of para-hydroxylation sites is 1. The number of aromatic nitrogens is 4. The summed E-state index contributed by atoms with van der Waals surface area (Å²) >= 11 is 0. The summed E-state index contributed by atoms with van der Waals surface area (Å²) in [6.45, 7) is 18.4. The minimum atomic E-state index is -1.68. The lowest BCUT2D eigenvalue weighted by Crippen LogP contribution is -2.35. The van der Waals surface area contributed by atoms with Crippen molar-refractivity contribution in [1.82, 2.24) is 19.5 Å². The largest absolute Gasteiger partial charge is 0.481 e. The number of nitrogens with two attached hydrogens (primary N) is 4. The molecule has 0 saturated heterocycles. The summed E-state index contributed by atoms with van der Waals surface area (Å²) in [5.74, 6) is -17.8. The Balaban J connectivity index is 1.50. The van der Waals surface area contributed by atoms with E-state index in [1.807, 2.05) is 0 Å². The van der Waals surface area contributed by atoms with Gasteiger partial charge in [0.15, 0.2) is 23.1 Å². The molecule has 5 heterocycles. The van der Waals surface area contributed by atoms with E-state index in [9.17, 15) is 58.8 Å². The van der Waals surface area contributed by atoms with Crippen LogP contribution in [-0.4, -0.2) is 161 Å². The number of hydrogen-bond donors (Lipinski definition) is 9. The Kier molecular flexibility index (Phi) is 29.1. The number of nitrogens with one attached hydrogen (secondary N) is 1. The first-order chi connectivity index (χ1) is 55.1. The zero-order chi connectivity index (χ0) is 84.5. The van der Waals surface area contributed by atoms with E-state index in [-0.39, 0.29) is 132 Å². The number of carbonyl (C=O) groups is 12. The van der Waals surface area contributed by atoms with E-state index in [4.69, 9.17) is 51.9 Å². The normalized spacial score (nSPS) is 13.6. The van der Waals surface area contributed by atoms with E-state index in [2.05, 4.69) is 31.3 Å². The van der Waals surface area contributed by atoms with Gasteiger partial charge in [0, 0.05) is 72.3 Å². The van der Waals surface area contributed by atoms with Crippen molar-refractivity contribution in [3.8, 4) is 39.1 Å². The second kappa shape index (κ2) is 39.0. The average Bonchev–Trinajstić information content (AvgIpc) is 1.55. The maximum Gasteiger partial charge on any atom is 0.333 e. The lowest BCUT2D eigenvalue weighted by molar-refractivity contribution is -0.145. The Bertz CT molecular complexity index is 5390. The summed E-state index contributed by atoms with van der Waals surface area (Å²) in [6.07, 6.45) is 3.28. The van der Waals surface area contributed by atoms with Crippen LogP contribution < -0.4 is 22.9 Å². The predicted molar refractivity (Wildman–Crippen MR) is 434 cm³/mol. The molecular formula is C88H90N8O20. The smallest absolute Gasteiger partial charge is 0.333 e. The second-order valence-corrected chi connectivity index (χ2v) is 28.5. The molecule has 0 fully saturated rings. The third-order valence-electron chi connectivity index (χ3n) is 19.6. The highest BCUT2D eigenvalue weighted by molar-refractivity contribution is 6.20. The molecule has 0 amide bonds. The Hall–Kier alpha value is -13.3. The zero-order valence-electron chi connectivity index (χ0n) is 64.3. The number of Topliss-reactive ketones (excluding diaryl/α,β-unsaturated/α-hetero) is 4. The topological polar surface area (TPSA) is 473 Å². The Labute approximate surface area is 666 Å². The fourth-order valence-electron chi connectivity index (χ4n) is 13.5. The van der Waals surface area contributed by atoms with Crippen LogP contribution in [0.3, 0.4) is 0 Å². The van der Waals surface area contributed by atoms with E-state index >= 15 is 19.2 Å². The summed E-state index contributed by atoms with van der Waals surface area (Å²) in [4.78, 5) is 181. The van der Waals surface area contributed by atoms with Gasteiger partial charge in [-0.1, -0.05) is 111 Å². The number of esters is 4. The zero-order valence-corrected chi connectivity index (χ0v) is 64.3. The second-order valence-electron chi connectivity index (χ2n) is 28.5. The molecule has 602 valence electrons. The molecule has 0 spiro atoms. The molecule has 13 N–H and O–H groups in total. The monoisotopic (exact) mass is 1580 g/mol. The number of fused-ring (bicyclic) bond motifs is 8. The molecule has 4 aromatic carbocycles. The molecule has 28 nitrogen and oxygen atoms in total. The van der Waals surface area contributed by atoms with Crippen molar-refractivity contribution in [2.24, 2.45) is 46.6 Å². The van der Waals surface area contributed by atoms with Crippen molar-refractivity contribution in [2.45, 2.75) is 103 Å². The molecule has 9 rings (SSSR count). The average molecular weight is 1580 g/mol. The fraction of sp³-hybridized carbons (Fsp3) is 0.273. The quantitative estimate of drug-likeness (QED) is 0.00745. The van der Waals surface area contributed by atoms with Crippen LogP contribution >= 0.6 is 0 Å². The third-order valence-corrected chi connectivity index (χ3v) is 19.6. The van der Waals surface area contributed by atoms with Gasteiger partial charge in [-0.2, -0.15) is 0 Å². The maximum atomic E-state index is 16.1. The van der Waals surface area contributed by atoms with Gasteiger partial charge >= 0.3 is 47.8 Å². The SMILES string of the molecule is C=C(C)C(=O)OCCC(C[C@H](N)C(=O)c1ccccc1-c1c(-c2ccccc2C(=O)[C@@H](N)CC(CCOC(=O)C(=C)C)C(=O)O)c2c(-c3ccccc3C(=O)[C@@H](N)CC(CCOC(=O)C(=C)C)C(=O)O)c3nc(cc4ccc(cc5nc(cc1n2-c1ccccc1C(=O)[C@@H](N)CC(CCOC(=O)C(=C)C)C(=O)O)C=C5)[nH]4)C=C3)C(=O)O. The van der Waals surface area contributed by atoms with Crippen molar-refractivity contribution < 1.29 is 96.9 Å². The lowest BCUT2D eigenvalue weighted by Gasteiger charge is -2.22. The first kappa shape index (κ1) is 86.7. The first-order valence-corrected chi connectivity index (χ1v) is 37.1. The van der Waals surface area contributed by atoms with Crippen LogP contribution in [0.4, 0.5) is 0 Å². The van der Waals surface area contributed by atoms with Gasteiger partial charge in [-0.15, -0.1) is 0 Å². The number of nitrogens with zero attached hydrogens (tertiary/aromatic N) is 3. The van der Waals surface area contributed by atoms with Crippen LogP contribution in [0.5, 0.6) is 0 Å². The number of aromatic amines is 1. The van der Waals surface area contributed by atoms with Crippen molar-refractivity contribution in [3.63, 3.8) is 0 Å². The standard InChI is InChI=1S/C88H90N8O20/c1-46(2)85(109)113-35-31-50(81(101)102)39-66(89)77(97)62-20-12-9-17-59(62)73-70-30-29-57(95-70)44-56-26-25-54(93-56)43-55-27-28-58(94-55)45-72-74(60-18-10-13-21-63(60)78(98)67(90)40-51(82(103)104)32-36-114-86(110)47(3)4)75(61-19-11-14-22-64(61)79(99)68(91)41-52(83(105)106)33-37-115-87(111)48(5)6)76(73)96(72)71-24-16-15-23-65(71)80(100)69(92)42-53(84(107)108)34-38-116-88(112)49(7)8/h9-30,43-45,50-53,66-69,93H,1,3,5,7,31-42,89-92H2,2,4,6,8H3,(H,101,102)(H,103,104)(H,105,106)(H,107,108)/t50?,51?,52?,53?,66-,67-,68-,69-/m0/s1. The highest BCUT2D eigenvalue weighted by atomic mass is 16.5. The van der Waals surface area contributed by atoms with E-state index in [1.165, 1.54) is 88.4 Å². The van der Waals surface area contributed by atoms with Crippen LogP contribution in [0, 0.1) is 23.7 Å². The minimum absolute atomic E-state index is 0.00102. The summed E-state index contributed by atoms with van der Waals surface area (Å²) in [6, 6.07) is 26.2. The van der Waals surface area contributed by atoms with E-state index in [0.717, 1.165) is 0 Å². The Morgan fingerprint density at radius 1 is 0.388 bits per heavy atom. The maximum absolute atomic E-state index is 16.1. The molecule has 2 aliphatic heterocycles. The predicted octanol–water partition coefficient (Wildman–Crippen LogP) is 11.6. The molecule has 2 aliphatic rings. The Morgan fingerprint density at radius 2 is 0.690 bits per heavy atom. The summed E-state index contributed by atoms with van der Waals surface area (Å²) in [5.41, 5.74) is 29.1. The summed E-state index contributed by atoms with van der Waals surface area (Å²) in [5, 5.41) is 42.8. The number of aliphatic carboxylic acids is 4. The molecule has 0 aliphatic carbocycles. The van der Waals surface area contributed by atoms with Gasteiger partial charge in [-0.25, -0.2) is 29.1 Å². The number of benzene rings is 4. The number of H-pyrrole nitrogens is 1. The van der Waals surface area contributed by atoms with Gasteiger partial charge in [-0.3, -0.25) is 38.4 Å². The fourth-order valence-corrected chi connectivity index (χ4v) is 13.5. The van der Waals surface area contributed by atoms with Crippen LogP contribution in [0.15, 0.2) is 176 Å². The molecule has 8 bridgehead atoms. The van der Waals surface area contributed by atoms with Crippen LogP contribution in [-0.2, 0) is 57.3 Å². The summed E-state index contributed by atoms with van der Waals surface area (Å²) in [7, 11) is 0. The van der Waals surface area contributed by atoms with E-state index < -0.39 is 171 Å². The molecule has 0 saturated carbocycles. The van der Waals surface area contributed by atoms with Crippen LogP contribution in [0.25, 0.3) is 85.4 Å². The van der Waals surface area contributed by atoms with Gasteiger partial charge in [0.25, 0.3) is 0 Å². The number of ether oxygens (including phenoxy) is 4.